The van der Waals surface area contributed by atoms with Gasteiger partial charge in [-0.15, -0.1) is 0 Å². The molecule has 3 heterocycles. The lowest BCUT2D eigenvalue weighted by molar-refractivity contribution is 0.623. The summed E-state index contributed by atoms with van der Waals surface area (Å²) in [7, 11) is 0. The van der Waals surface area contributed by atoms with Crippen LogP contribution in [0.25, 0.3) is 0 Å². The number of hydrogen-bond acceptors (Lipinski definition) is 6. The smallest absolute Gasteiger partial charge is 0.228 e. The second kappa shape index (κ2) is 5.27. The van der Waals surface area contributed by atoms with Crippen molar-refractivity contribution in [2.75, 3.05) is 11.9 Å². The van der Waals surface area contributed by atoms with Crippen LogP contribution in [0.1, 0.15) is 30.4 Å². The number of aryl methyl sites for hydroxylation is 1. The first-order valence-electron chi connectivity index (χ1n) is 6.44. The minimum atomic E-state index is 0.332. The molecule has 6 heteroatoms. The monoisotopic (exact) mass is 256 g/mol. The van der Waals surface area contributed by atoms with Gasteiger partial charge in [0.15, 0.2) is 0 Å². The first-order valence-corrected chi connectivity index (χ1v) is 6.44. The van der Waals surface area contributed by atoms with E-state index >= 15 is 0 Å². The lowest BCUT2D eigenvalue weighted by atomic mass is 10.1. The van der Waals surface area contributed by atoms with E-state index in [1.807, 2.05) is 13.0 Å². The molecule has 0 aromatic carbocycles. The number of aromatic nitrogens is 4. The Bertz CT molecular complexity index is 550. The number of nitrogens with one attached hydrogen (secondary N) is 2. The van der Waals surface area contributed by atoms with Gasteiger partial charge in [-0.25, -0.2) is 19.9 Å². The van der Waals surface area contributed by atoms with Gasteiger partial charge in [0.1, 0.15) is 11.6 Å². The molecule has 1 aliphatic heterocycles. The van der Waals surface area contributed by atoms with Crippen LogP contribution < -0.4 is 10.6 Å². The lowest BCUT2D eigenvalue weighted by Crippen LogP contribution is -2.15. The highest BCUT2D eigenvalue weighted by atomic mass is 15.1. The van der Waals surface area contributed by atoms with Crippen molar-refractivity contribution in [3.8, 4) is 0 Å². The van der Waals surface area contributed by atoms with Gasteiger partial charge in [0.05, 0.1) is 5.69 Å². The third-order valence-corrected chi connectivity index (χ3v) is 3.08. The van der Waals surface area contributed by atoms with E-state index in [2.05, 4.69) is 30.6 Å². The van der Waals surface area contributed by atoms with Crippen LogP contribution in [0.3, 0.4) is 0 Å². The first kappa shape index (κ1) is 12.0. The zero-order chi connectivity index (χ0) is 13.1. The van der Waals surface area contributed by atoms with Gasteiger partial charge >= 0.3 is 0 Å². The van der Waals surface area contributed by atoms with Gasteiger partial charge in [0.25, 0.3) is 0 Å². The number of anilines is 2. The first-order chi connectivity index (χ1) is 9.31. The molecule has 0 amide bonds. The van der Waals surface area contributed by atoms with Crippen LogP contribution in [-0.4, -0.2) is 26.5 Å². The molecule has 0 spiro atoms. The summed E-state index contributed by atoms with van der Waals surface area (Å²) in [5.74, 6) is 2.04. The molecule has 0 radical (unpaired) electrons. The molecule has 98 valence electrons. The Balaban J connectivity index is 1.85. The predicted molar refractivity (Wildman–Crippen MR) is 72.1 cm³/mol. The molecule has 1 saturated heterocycles. The molecule has 1 aliphatic rings. The van der Waals surface area contributed by atoms with E-state index in [4.69, 9.17) is 0 Å². The van der Waals surface area contributed by atoms with E-state index < -0.39 is 0 Å². The van der Waals surface area contributed by atoms with Crippen LogP contribution in [0.15, 0.2) is 24.5 Å². The van der Waals surface area contributed by atoms with Gasteiger partial charge in [-0.05, 0) is 32.4 Å². The minimum Gasteiger partial charge on any atom is -0.309 e. The van der Waals surface area contributed by atoms with Gasteiger partial charge in [0.2, 0.25) is 5.95 Å². The van der Waals surface area contributed by atoms with Gasteiger partial charge < -0.3 is 10.6 Å². The summed E-state index contributed by atoms with van der Waals surface area (Å²) >= 11 is 0. The fourth-order valence-corrected chi connectivity index (χ4v) is 2.25. The predicted octanol–water partition coefficient (Wildman–Crippen LogP) is 1.74. The van der Waals surface area contributed by atoms with Crippen molar-refractivity contribution in [1.29, 1.82) is 0 Å². The average molecular weight is 256 g/mol. The van der Waals surface area contributed by atoms with Crippen molar-refractivity contribution in [2.24, 2.45) is 0 Å². The van der Waals surface area contributed by atoms with Gasteiger partial charge in [-0.2, -0.15) is 0 Å². The molecule has 1 fully saturated rings. The normalized spacial score (nSPS) is 18.5. The van der Waals surface area contributed by atoms with Crippen molar-refractivity contribution in [1.82, 2.24) is 25.3 Å². The molecule has 0 aliphatic carbocycles. The number of nitrogens with zero attached hydrogens (tertiary/aromatic N) is 4. The zero-order valence-corrected chi connectivity index (χ0v) is 10.8. The Morgan fingerprint density at radius 1 is 1.26 bits per heavy atom. The molecular formula is C13H16N6. The molecule has 0 bridgehead atoms. The second-order valence-electron chi connectivity index (χ2n) is 4.57. The maximum absolute atomic E-state index is 4.50. The summed E-state index contributed by atoms with van der Waals surface area (Å²) in [5, 5.41) is 6.55. The highest BCUT2D eigenvalue weighted by Gasteiger charge is 2.18. The molecule has 2 aromatic heterocycles. The van der Waals surface area contributed by atoms with Crippen LogP contribution in [0, 0.1) is 6.92 Å². The quantitative estimate of drug-likeness (QED) is 0.871. The Labute approximate surface area is 111 Å². The lowest BCUT2D eigenvalue weighted by Gasteiger charge is -2.12. The van der Waals surface area contributed by atoms with E-state index in [9.17, 15) is 0 Å². The molecule has 6 nitrogen and oxygen atoms in total. The topological polar surface area (TPSA) is 75.6 Å². The highest BCUT2D eigenvalue weighted by molar-refractivity contribution is 5.48. The Kier molecular flexibility index (Phi) is 3.33. The number of hydrogen-bond donors (Lipinski definition) is 2. The van der Waals surface area contributed by atoms with Crippen molar-refractivity contribution in [3.05, 3.63) is 36.0 Å². The van der Waals surface area contributed by atoms with Crippen LogP contribution >= 0.6 is 0 Å². The van der Waals surface area contributed by atoms with E-state index in [1.54, 1.807) is 18.5 Å². The molecule has 19 heavy (non-hydrogen) atoms. The molecule has 1 unspecified atom stereocenters. The third-order valence-electron chi connectivity index (χ3n) is 3.08. The maximum atomic E-state index is 4.50. The van der Waals surface area contributed by atoms with E-state index in [-0.39, 0.29) is 0 Å². The number of rotatable bonds is 3. The minimum absolute atomic E-state index is 0.332. The van der Waals surface area contributed by atoms with Crippen molar-refractivity contribution < 1.29 is 0 Å². The highest BCUT2D eigenvalue weighted by Crippen LogP contribution is 2.23. The standard InChI is InChI=1S/C13H16N6/c1-9-17-11(10-4-2-5-14-10)8-12(18-9)19-13-15-6-3-7-16-13/h3,6-8,10,14H,2,4-5H2,1H3,(H,15,16,17,18,19). The molecular weight excluding hydrogens is 240 g/mol. The largest absolute Gasteiger partial charge is 0.309 e. The van der Waals surface area contributed by atoms with Gasteiger partial charge in [0, 0.05) is 24.5 Å². The fourth-order valence-electron chi connectivity index (χ4n) is 2.25. The fraction of sp³-hybridized carbons (Fsp3) is 0.385. The summed E-state index contributed by atoms with van der Waals surface area (Å²) < 4.78 is 0. The SMILES string of the molecule is Cc1nc(Nc2ncccn2)cc(C2CCCN2)n1. The summed E-state index contributed by atoms with van der Waals surface area (Å²) in [5.41, 5.74) is 1.03. The van der Waals surface area contributed by atoms with Crippen LogP contribution in [0.2, 0.25) is 0 Å². The summed E-state index contributed by atoms with van der Waals surface area (Å²) in [6.07, 6.45) is 5.71. The van der Waals surface area contributed by atoms with Crippen LogP contribution in [-0.2, 0) is 0 Å². The van der Waals surface area contributed by atoms with E-state index in [0.717, 1.165) is 30.3 Å². The van der Waals surface area contributed by atoms with Crippen LogP contribution in [0.5, 0.6) is 0 Å². The van der Waals surface area contributed by atoms with Gasteiger partial charge in [-0.3, -0.25) is 0 Å². The molecule has 1 atom stereocenters. The average Bonchev–Trinajstić information content (AvgIpc) is 2.93. The Hall–Kier alpha value is -2.08. The molecule has 2 N–H and O–H groups in total. The molecule has 0 saturated carbocycles. The van der Waals surface area contributed by atoms with E-state index in [0.29, 0.717) is 12.0 Å². The van der Waals surface area contributed by atoms with E-state index in [1.165, 1.54) is 6.42 Å². The third kappa shape index (κ3) is 2.85. The van der Waals surface area contributed by atoms with Crippen molar-refractivity contribution in [2.45, 2.75) is 25.8 Å². The van der Waals surface area contributed by atoms with Crippen molar-refractivity contribution >= 4 is 11.8 Å². The Morgan fingerprint density at radius 3 is 2.84 bits per heavy atom. The summed E-state index contributed by atoms with van der Waals surface area (Å²) in [4.78, 5) is 17.1. The maximum Gasteiger partial charge on any atom is 0.228 e. The summed E-state index contributed by atoms with van der Waals surface area (Å²) in [6.45, 7) is 2.95. The summed E-state index contributed by atoms with van der Waals surface area (Å²) in [6, 6.07) is 4.08. The second-order valence-corrected chi connectivity index (χ2v) is 4.57. The molecule has 3 rings (SSSR count). The zero-order valence-electron chi connectivity index (χ0n) is 10.8. The van der Waals surface area contributed by atoms with Gasteiger partial charge in [-0.1, -0.05) is 0 Å². The van der Waals surface area contributed by atoms with Crippen molar-refractivity contribution in [3.63, 3.8) is 0 Å². The van der Waals surface area contributed by atoms with Crippen LogP contribution in [0.4, 0.5) is 11.8 Å². The Morgan fingerprint density at radius 2 is 2.11 bits per heavy atom. The molecule has 2 aromatic rings.